The molecule has 17 heavy (non-hydrogen) atoms. The van der Waals surface area contributed by atoms with E-state index < -0.39 is 0 Å². The summed E-state index contributed by atoms with van der Waals surface area (Å²) in [7, 11) is 0. The van der Waals surface area contributed by atoms with Crippen LogP contribution in [0.1, 0.15) is 18.5 Å². The normalized spacial score (nSPS) is 9.76. The van der Waals surface area contributed by atoms with Crippen LogP contribution in [0.5, 0.6) is 0 Å². The van der Waals surface area contributed by atoms with Gasteiger partial charge in [-0.3, -0.25) is 0 Å². The monoisotopic (exact) mass is 234 g/mol. The summed E-state index contributed by atoms with van der Waals surface area (Å²) in [5.74, 6) is 0. The second-order valence-corrected chi connectivity index (χ2v) is 3.26. The quantitative estimate of drug-likeness (QED) is 0.631. The molecule has 0 atom stereocenters. The van der Waals surface area contributed by atoms with Crippen molar-refractivity contribution in [2.24, 2.45) is 0 Å². The van der Waals surface area contributed by atoms with Gasteiger partial charge in [0.2, 0.25) is 0 Å². The fourth-order valence-corrected chi connectivity index (χ4v) is 1.16. The summed E-state index contributed by atoms with van der Waals surface area (Å²) in [4.78, 5) is 3.99. The molecule has 0 aliphatic carbocycles. The van der Waals surface area contributed by atoms with Crippen molar-refractivity contribution in [1.29, 1.82) is 10.5 Å². The molecule has 0 fully saturated rings. The van der Waals surface area contributed by atoms with Crippen molar-refractivity contribution in [2.45, 2.75) is 26.2 Å². The maximum Gasteiger partial charge on any atom is 0.124 e. The summed E-state index contributed by atoms with van der Waals surface area (Å²) in [6.07, 6.45) is 4.10. The summed E-state index contributed by atoms with van der Waals surface area (Å²) in [5, 5.41) is 16.7. The molecule has 0 spiro atoms. The topological polar surface area (TPSA) is 83.9 Å². The van der Waals surface area contributed by atoms with Gasteiger partial charge in [-0.05, 0) is 0 Å². The number of rotatable bonds is 8. The van der Waals surface area contributed by atoms with Crippen molar-refractivity contribution in [3.05, 3.63) is 18.2 Å². The van der Waals surface area contributed by atoms with Crippen LogP contribution in [-0.4, -0.2) is 22.8 Å². The van der Waals surface area contributed by atoms with Crippen molar-refractivity contribution in [3.8, 4) is 12.1 Å². The van der Waals surface area contributed by atoms with E-state index in [2.05, 4.69) is 4.98 Å². The molecule has 0 saturated carbocycles. The van der Waals surface area contributed by atoms with Crippen LogP contribution in [-0.2, 0) is 22.8 Å². The maximum absolute atomic E-state index is 8.35. The molecule has 1 aromatic heterocycles. The van der Waals surface area contributed by atoms with E-state index in [1.165, 1.54) is 0 Å². The third-order valence-electron chi connectivity index (χ3n) is 2.00. The van der Waals surface area contributed by atoms with Gasteiger partial charge in [-0.1, -0.05) is 0 Å². The molecule has 1 rings (SSSR count). The van der Waals surface area contributed by atoms with E-state index in [1.54, 1.807) is 12.5 Å². The van der Waals surface area contributed by atoms with Gasteiger partial charge in [0.1, 0.15) is 6.73 Å². The molecule has 1 heterocycles. The average Bonchev–Trinajstić information content (AvgIpc) is 2.78. The van der Waals surface area contributed by atoms with Crippen LogP contribution in [0.15, 0.2) is 12.5 Å². The van der Waals surface area contributed by atoms with Gasteiger partial charge in [0, 0.05) is 0 Å². The molecule has 0 N–H and O–H groups in total. The van der Waals surface area contributed by atoms with Crippen LogP contribution in [0.25, 0.3) is 0 Å². The lowest BCUT2D eigenvalue weighted by atomic mass is 10.5. The molecule has 0 aliphatic heterocycles. The van der Waals surface area contributed by atoms with E-state index in [1.807, 2.05) is 16.7 Å². The minimum Gasteiger partial charge on any atom is -0.374 e. The lowest BCUT2D eigenvalue weighted by molar-refractivity contribution is 0.0694. The van der Waals surface area contributed by atoms with E-state index in [-0.39, 0.29) is 0 Å². The molecule has 6 heteroatoms. The van der Waals surface area contributed by atoms with Crippen LogP contribution in [0.2, 0.25) is 0 Å². The van der Waals surface area contributed by atoms with Crippen LogP contribution >= 0.6 is 0 Å². The smallest absolute Gasteiger partial charge is 0.124 e. The predicted molar refractivity (Wildman–Crippen MR) is 58.3 cm³/mol. The number of nitrogens with zero attached hydrogens (tertiary/aromatic N) is 4. The number of nitriles is 2. The van der Waals surface area contributed by atoms with Crippen molar-refractivity contribution in [2.75, 3.05) is 13.2 Å². The van der Waals surface area contributed by atoms with Crippen LogP contribution in [0, 0.1) is 22.7 Å². The molecular formula is C11H14N4O2. The van der Waals surface area contributed by atoms with Gasteiger partial charge < -0.3 is 14.0 Å². The number of hydrogen-bond acceptors (Lipinski definition) is 5. The first-order valence-corrected chi connectivity index (χ1v) is 5.27. The van der Waals surface area contributed by atoms with Crippen molar-refractivity contribution in [3.63, 3.8) is 0 Å². The summed E-state index contributed by atoms with van der Waals surface area (Å²) in [5.41, 5.74) is 0.889. The third-order valence-corrected chi connectivity index (χ3v) is 2.00. The Morgan fingerprint density at radius 3 is 2.59 bits per heavy atom. The van der Waals surface area contributed by atoms with E-state index >= 15 is 0 Å². The Bertz CT molecular complexity index is 366. The predicted octanol–water partition coefficient (Wildman–Crippen LogP) is 1.20. The number of ether oxygens (including phenoxy) is 2. The second-order valence-electron chi connectivity index (χ2n) is 3.26. The summed E-state index contributed by atoms with van der Waals surface area (Å²) < 4.78 is 12.4. The highest BCUT2D eigenvalue weighted by atomic mass is 16.5. The van der Waals surface area contributed by atoms with Crippen LogP contribution < -0.4 is 0 Å². The van der Waals surface area contributed by atoms with Gasteiger partial charge in [-0.25, -0.2) is 4.98 Å². The molecule has 0 amide bonds. The molecule has 90 valence electrons. The first kappa shape index (κ1) is 13.2. The molecular weight excluding hydrogens is 220 g/mol. The highest BCUT2D eigenvalue weighted by molar-refractivity contribution is 4.95. The molecule has 1 aromatic rings. The zero-order valence-corrected chi connectivity index (χ0v) is 9.50. The fraction of sp³-hybridized carbons (Fsp3) is 0.545. The van der Waals surface area contributed by atoms with E-state index in [4.69, 9.17) is 20.0 Å². The zero-order valence-electron chi connectivity index (χ0n) is 9.50. The van der Waals surface area contributed by atoms with Crippen molar-refractivity contribution < 1.29 is 9.47 Å². The third kappa shape index (κ3) is 5.12. The highest BCUT2D eigenvalue weighted by Crippen LogP contribution is 2.02. The first-order chi connectivity index (χ1) is 8.38. The molecule has 6 nitrogen and oxygen atoms in total. The zero-order chi connectivity index (χ0) is 12.3. The minimum absolute atomic E-state index is 0.360. The minimum atomic E-state index is 0.360. The van der Waals surface area contributed by atoms with E-state index in [0.29, 0.717) is 39.4 Å². The number of imidazole rings is 1. The summed E-state index contributed by atoms with van der Waals surface area (Å²) in [6, 6.07) is 4.01. The first-order valence-electron chi connectivity index (χ1n) is 5.27. The summed E-state index contributed by atoms with van der Waals surface area (Å²) >= 11 is 0. The second kappa shape index (κ2) is 8.28. The molecule has 0 aliphatic rings. The Morgan fingerprint density at radius 2 is 1.88 bits per heavy atom. The highest BCUT2D eigenvalue weighted by Gasteiger charge is 2.01. The fourth-order valence-electron chi connectivity index (χ4n) is 1.16. The lowest BCUT2D eigenvalue weighted by Gasteiger charge is -2.08. The van der Waals surface area contributed by atoms with Gasteiger partial charge in [-0.2, -0.15) is 10.5 Å². The van der Waals surface area contributed by atoms with Crippen LogP contribution in [0.3, 0.4) is 0 Å². The lowest BCUT2D eigenvalue weighted by Crippen LogP contribution is -2.07. The Balaban J connectivity index is 2.28. The standard InChI is InChI=1S/C11H14N4O2/c12-3-1-5-16-8-11-7-14-9-15(11)10-17-6-2-4-13/h7,9H,1-2,5-6,8,10H2. The SMILES string of the molecule is N#CCCOCc1cncn1COCCC#N. The van der Waals surface area contributed by atoms with Gasteiger partial charge >= 0.3 is 0 Å². The molecule has 0 aromatic carbocycles. The Hall–Kier alpha value is -1.89. The average molecular weight is 234 g/mol. The largest absolute Gasteiger partial charge is 0.374 e. The number of aromatic nitrogens is 2. The van der Waals surface area contributed by atoms with Crippen molar-refractivity contribution in [1.82, 2.24) is 9.55 Å². The maximum atomic E-state index is 8.35. The van der Waals surface area contributed by atoms with Crippen LogP contribution in [0.4, 0.5) is 0 Å². The van der Waals surface area contributed by atoms with Gasteiger partial charge in [0.25, 0.3) is 0 Å². The number of hydrogen-bond donors (Lipinski definition) is 0. The molecule has 0 saturated heterocycles. The Morgan fingerprint density at radius 1 is 1.18 bits per heavy atom. The molecule has 0 radical (unpaired) electrons. The van der Waals surface area contributed by atoms with E-state index in [9.17, 15) is 0 Å². The van der Waals surface area contributed by atoms with Gasteiger partial charge in [-0.15, -0.1) is 0 Å². The van der Waals surface area contributed by atoms with Gasteiger partial charge in [0.05, 0.1) is 63.0 Å². The Kier molecular flexibility index (Phi) is 6.42. The molecule has 0 unspecified atom stereocenters. The molecule has 0 bridgehead atoms. The summed E-state index contributed by atoms with van der Waals surface area (Å²) in [6.45, 7) is 1.59. The Labute approximate surface area is 100 Å². The van der Waals surface area contributed by atoms with Gasteiger partial charge in [0.15, 0.2) is 0 Å². The van der Waals surface area contributed by atoms with E-state index in [0.717, 1.165) is 5.69 Å². The van der Waals surface area contributed by atoms with Crippen molar-refractivity contribution >= 4 is 0 Å².